The van der Waals surface area contributed by atoms with Crippen LogP contribution >= 0.6 is 7.82 Å². The topological polar surface area (TPSA) is 105 Å². The summed E-state index contributed by atoms with van der Waals surface area (Å²) in [5.41, 5.74) is 0. The molecule has 3 N–H and O–H groups in total. The van der Waals surface area contributed by atoms with Crippen LogP contribution in [0.25, 0.3) is 0 Å². The third-order valence-corrected chi connectivity index (χ3v) is 16.7. The molecule has 0 spiro atoms. The Morgan fingerprint density at radius 2 is 0.718 bits per heavy atom. The van der Waals surface area contributed by atoms with Gasteiger partial charge in [0.05, 0.1) is 39.9 Å². The number of unbranched alkanes of at least 4 members (excludes halogenated alkanes) is 36. The van der Waals surface area contributed by atoms with E-state index in [4.69, 9.17) is 9.05 Å². The van der Waals surface area contributed by atoms with Gasteiger partial charge in [0.25, 0.3) is 0 Å². The highest BCUT2D eigenvalue weighted by Gasteiger charge is 2.28. The van der Waals surface area contributed by atoms with Crippen LogP contribution < -0.4 is 5.32 Å². The van der Waals surface area contributed by atoms with Crippen molar-refractivity contribution < 1.29 is 32.9 Å². The van der Waals surface area contributed by atoms with Crippen molar-refractivity contribution in [3.8, 4) is 0 Å². The van der Waals surface area contributed by atoms with Crippen molar-refractivity contribution in [1.82, 2.24) is 5.32 Å². The Balaban J connectivity index is 4.02. The number of nitrogens with one attached hydrogen (secondary N) is 1. The fourth-order valence-corrected chi connectivity index (χ4v) is 11.0. The summed E-state index contributed by atoms with van der Waals surface area (Å²) < 4.78 is 23.8. The van der Waals surface area contributed by atoms with Crippen LogP contribution in [-0.2, 0) is 18.4 Å². The molecule has 0 saturated carbocycles. The van der Waals surface area contributed by atoms with Gasteiger partial charge >= 0.3 is 7.82 Å². The van der Waals surface area contributed by atoms with Gasteiger partial charge in [0, 0.05) is 6.42 Å². The number of carbonyl (C=O) groups excluding carboxylic acids is 1. The Kier molecular flexibility index (Phi) is 63.4. The SMILES string of the molecule is CC/C=C\C/C=C\C/C=C\C/C=C\C/C=C\C/C=C\C/C=C\CCCCCCCCCCCCCCCCCCCCCC(=O)NC(COP(=O)(O)OCC[N+](C)(C)C)C(O)/C=C/CC/C=C/CCCCCCCCCCCCCCCCCC. The van der Waals surface area contributed by atoms with Crippen LogP contribution in [0.2, 0.25) is 0 Å². The van der Waals surface area contributed by atoms with E-state index in [0.29, 0.717) is 17.4 Å². The molecule has 0 fully saturated rings. The van der Waals surface area contributed by atoms with E-state index in [1.54, 1.807) is 6.08 Å². The van der Waals surface area contributed by atoms with E-state index in [1.807, 2.05) is 27.2 Å². The first-order valence-corrected chi connectivity index (χ1v) is 37.3. The minimum atomic E-state index is -4.36. The molecule has 0 saturated heterocycles. The monoisotopic (exact) mass is 1210 g/mol. The number of nitrogens with zero attached hydrogens (tertiary/aromatic N) is 1. The van der Waals surface area contributed by atoms with Crippen molar-refractivity contribution in [2.24, 2.45) is 0 Å². The van der Waals surface area contributed by atoms with Crippen LogP contribution in [0.3, 0.4) is 0 Å². The summed E-state index contributed by atoms with van der Waals surface area (Å²) in [5, 5.41) is 14.0. The van der Waals surface area contributed by atoms with E-state index >= 15 is 0 Å². The first-order valence-electron chi connectivity index (χ1n) is 35.8. The number of rotatable bonds is 65. The highest BCUT2D eigenvalue weighted by atomic mass is 31.2. The van der Waals surface area contributed by atoms with E-state index in [0.717, 1.165) is 83.5 Å². The van der Waals surface area contributed by atoms with Gasteiger partial charge in [0.15, 0.2) is 0 Å². The molecule has 0 bridgehead atoms. The summed E-state index contributed by atoms with van der Waals surface area (Å²) in [5.74, 6) is -0.185. The van der Waals surface area contributed by atoms with Crippen molar-refractivity contribution in [3.05, 3.63) is 109 Å². The van der Waals surface area contributed by atoms with Gasteiger partial charge in [-0.25, -0.2) is 4.57 Å². The van der Waals surface area contributed by atoms with Gasteiger partial charge in [0.2, 0.25) is 5.91 Å². The van der Waals surface area contributed by atoms with Gasteiger partial charge in [-0.15, -0.1) is 0 Å². The number of allylic oxidation sites excluding steroid dienone is 17. The molecular weight excluding hydrogens is 1070 g/mol. The summed E-state index contributed by atoms with van der Waals surface area (Å²) in [7, 11) is 1.56. The molecule has 8 nitrogen and oxygen atoms in total. The number of hydrogen-bond acceptors (Lipinski definition) is 5. The Morgan fingerprint density at radius 1 is 0.412 bits per heavy atom. The van der Waals surface area contributed by atoms with Gasteiger partial charge in [0.1, 0.15) is 13.2 Å². The van der Waals surface area contributed by atoms with Gasteiger partial charge in [-0.05, 0) is 89.9 Å². The average Bonchev–Trinajstić information content (AvgIpc) is 3.48. The fourth-order valence-electron chi connectivity index (χ4n) is 10.2. The van der Waals surface area contributed by atoms with E-state index < -0.39 is 20.0 Å². The van der Waals surface area contributed by atoms with Gasteiger partial charge in [-0.1, -0.05) is 329 Å². The van der Waals surface area contributed by atoms with E-state index in [1.165, 1.54) is 212 Å². The van der Waals surface area contributed by atoms with E-state index in [9.17, 15) is 19.4 Å². The quantitative estimate of drug-likeness (QED) is 0.0243. The number of aliphatic hydroxyl groups excluding tert-OH is 1. The summed E-state index contributed by atoms with van der Waals surface area (Å²) >= 11 is 0. The smallest absolute Gasteiger partial charge is 0.387 e. The number of quaternary nitrogens is 1. The molecule has 3 atom stereocenters. The molecular formula is C76H138N2O6P+. The Hall–Kier alpha value is -2.84. The molecule has 0 aliphatic carbocycles. The molecule has 0 heterocycles. The molecule has 0 aromatic heterocycles. The standard InChI is InChI=1S/C76H137N2O6P/c1-6-8-10-12-14-16-18-20-22-24-26-28-30-31-32-33-34-35-36-37-38-39-40-41-42-43-44-45-46-47-48-50-52-54-56-58-60-62-64-66-68-70-76(80)77-74(73-84-85(81,82)83-72-71-78(3,4)5)75(79)69-67-65-63-61-59-57-55-53-51-49-29-27-25-23-21-19-17-15-13-11-9-7-2/h8,10,14,16,20,22,26,28,31-32,34-35,37-38,59,61,67,69,74-75,79H,6-7,9,11-13,15,17-19,21,23-25,27,29-30,33,36,39-58,60,62-66,68,70-73H2,1-5H3,(H-,77,80,81,82)/p+1/b10-8-,16-14-,22-20-,28-26-,32-31-,35-34-,38-37-,61-59+,69-67+. The van der Waals surface area contributed by atoms with Gasteiger partial charge in [-0.2, -0.15) is 0 Å². The van der Waals surface area contributed by atoms with Gasteiger partial charge < -0.3 is 19.8 Å². The highest BCUT2D eigenvalue weighted by molar-refractivity contribution is 7.47. The molecule has 0 aromatic carbocycles. The number of carbonyl (C=O) groups is 1. The lowest BCUT2D eigenvalue weighted by molar-refractivity contribution is -0.870. The fraction of sp³-hybridized carbons (Fsp3) is 0.750. The molecule has 85 heavy (non-hydrogen) atoms. The maximum absolute atomic E-state index is 13.0. The molecule has 0 aliphatic rings. The lowest BCUT2D eigenvalue weighted by Crippen LogP contribution is -2.45. The maximum atomic E-state index is 13.0. The zero-order valence-electron chi connectivity index (χ0n) is 56.3. The van der Waals surface area contributed by atoms with Crippen LogP contribution in [0.15, 0.2) is 109 Å². The average molecular weight is 1210 g/mol. The van der Waals surface area contributed by atoms with Crippen LogP contribution in [0.5, 0.6) is 0 Å². The molecule has 492 valence electrons. The molecule has 1 amide bonds. The number of phosphoric ester groups is 1. The van der Waals surface area contributed by atoms with Crippen molar-refractivity contribution in [2.75, 3.05) is 40.9 Å². The Morgan fingerprint density at radius 3 is 1.08 bits per heavy atom. The Bertz CT molecular complexity index is 1760. The summed E-state index contributed by atoms with van der Waals surface area (Å²) in [6.07, 6.45) is 96.7. The van der Waals surface area contributed by atoms with Crippen LogP contribution in [0, 0.1) is 0 Å². The molecule has 0 radical (unpaired) electrons. The summed E-state index contributed by atoms with van der Waals surface area (Å²) in [4.78, 5) is 23.4. The van der Waals surface area contributed by atoms with Crippen LogP contribution in [0.1, 0.15) is 316 Å². The second-order valence-corrected chi connectivity index (χ2v) is 26.7. The maximum Gasteiger partial charge on any atom is 0.472 e. The summed E-state index contributed by atoms with van der Waals surface area (Å²) in [6.45, 7) is 4.71. The predicted molar refractivity (Wildman–Crippen MR) is 373 cm³/mol. The summed E-state index contributed by atoms with van der Waals surface area (Å²) in [6, 6.07) is -0.868. The second kappa shape index (κ2) is 65.6. The number of hydrogen-bond donors (Lipinski definition) is 3. The molecule has 0 aromatic rings. The number of amides is 1. The number of aliphatic hydroxyl groups is 1. The zero-order valence-corrected chi connectivity index (χ0v) is 57.2. The van der Waals surface area contributed by atoms with Crippen molar-refractivity contribution in [2.45, 2.75) is 328 Å². The van der Waals surface area contributed by atoms with Gasteiger partial charge in [-0.3, -0.25) is 13.8 Å². The van der Waals surface area contributed by atoms with Crippen molar-refractivity contribution in [3.63, 3.8) is 0 Å². The lowest BCUT2D eigenvalue weighted by Gasteiger charge is -2.25. The first-order chi connectivity index (χ1) is 41.5. The largest absolute Gasteiger partial charge is 0.472 e. The predicted octanol–water partition coefficient (Wildman–Crippen LogP) is 23.1. The van der Waals surface area contributed by atoms with E-state index in [2.05, 4.69) is 116 Å². The third-order valence-electron chi connectivity index (χ3n) is 15.7. The van der Waals surface area contributed by atoms with Crippen LogP contribution in [-0.4, -0.2) is 73.4 Å². The first kappa shape index (κ1) is 82.2. The highest BCUT2D eigenvalue weighted by Crippen LogP contribution is 2.43. The third kappa shape index (κ3) is 68.5. The number of phosphoric acid groups is 1. The number of likely N-dealkylation sites (N-methyl/N-ethyl adjacent to an activating group) is 1. The minimum absolute atomic E-state index is 0.0543. The normalized spacial score (nSPS) is 14.3. The minimum Gasteiger partial charge on any atom is -0.387 e. The second-order valence-electron chi connectivity index (χ2n) is 25.2. The van der Waals surface area contributed by atoms with E-state index in [-0.39, 0.29) is 19.1 Å². The zero-order chi connectivity index (χ0) is 61.9. The van der Waals surface area contributed by atoms with Crippen LogP contribution in [0.4, 0.5) is 0 Å². The molecule has 0 rings (SSSR count). The molecule has 9 heteroatoms. The molecule has 3 unspecified atom stereocenters. The lowest BCUT2D eigenvalue weighted by atomic mass is 10.0. The van der Waals surface area contributed by atoms with Crippen molar-refractivity contribution in [1.29, 1.82) is 0 Å². The Labute approximate surface area is 527 Å². The molecule has 0 aliphatic heterocycles. The van der Waals surface area contributed by atoms with Crippen molar-refractivity contribution >= 4 is 13.7 Å².